The van der Waals surface area contributed by atoms with Crippen molar-refractivity contribution in [1.82, 2.24) is 4.72 Å². The number of nitrogen functional groups attached to an aromatic ring is 1. The molecule has 2 aromatic rings. The molecule has 4 nitrogen and oxygen atoms in total. The van der Waals surface area contributed by atoms with Crippen molar-refractivity contribution in [3.05, 3.63) is 45.6 Å². The van der Waals surface area contributed by atoms with Crippen molar-refractivity contribution >= 4 is 27.0 Å². The summed E-state index contributed by atoms with van der Waals surface area (Å²) in [5.41, 5.74) is 8.30. The van der Waals surface area contributed by atoms with Gasteiger partial charge in [-0.3, -0.25) is 0 Å². The fourth-order valence-corrected chi connectivity index (χ4v) is 3.90. The lowest BCUT2D eigenvalue weighted by Crippen LogP contribution is -2.23. The summed E-state index contributed by atoms with van der Waals surface area (Å²) >= 11 is 1.56. The van der Waals surface area contributed by atoms with E-state index in [1.165, 1.54) is 11.6 Å². The number of nitrogens with two attached hydrogens (primary N) is 1. The lowest BCUT2D eigenvalue weighted by atomic mass is 10.2. The van der Waals surface area contributed by atoms with Gasteiger partial charge in [0, 0.05) is 17.1 Å². The van der Waals surface area contributed by atoms with Crippen LogP contribution in [0.3, 0.4) is 0 Å². The van der Waals surface area contributed by atoms with Gasteiger partial charge in [-0.1, -0.05) is 13.0 Å². The second-order valence-electron chi connectivity index (χ2n) is 4.57. The summed E-state index contributed by atoms with van der Waals surface area (Å²) in [4.78, 5) is 1.26. The van der Waals surface area contributed by atoms with E-state index in [2.05, 4.69) is 11.6 Å². The maximum atomic E-state index is 12.2. The highest BCUT2D eigenvalue weighted by atomic mass is 32.2. The zero-order valence-corrected chi connectivity index (χ0v) is 13.1. The van der Waals surface area contributed by atoms with Crippen molar-refractivity contribution in [2.75, 3.05) is 5.73 Å². The summed E-state index contributed by atoms with van der Waals surface area (Å²) in [7, 11) is -3.52. The van der Waals surface area contributed by atoms with E-state index in [0.29, 0.717) is 12.2 Å². The number of sulfonamides is 1. The molecule has 3 N–H and O–H groups in total. The molecule has 0 saturated heterocycles. The summed E-state index contributed by atoms with van der Waals surface area (Å²) in [6.07, 6.45) is 0.901. The van der Waals surface area contributed by atoms with Crippen LogP contribution >= 0.6 is 11.3 Å². The summed E-state index contributed by atoms with van der Waals surface area (Å²) in [5, 5.41) is 1.98. The average molecular weight is 310 g/mol. The maximum absolute atomic E-state index is 12.2. The van der Waals surface area contributed by atoms with E-state index in [-0.39, 0.29) is 4.90 Å². The zero-order valence-electron chi connectivity index (χ0n) is 11.5. The first-order valence-electron chi connectivity index (χ1n) is 6.35. The molecule has 0 aliphatic carbocycles. The Labute approximate surface area is 123 Å². The largest absolute Gasteiger partial charge is 0.398 e. The molecule has 1 aromatic heterocycles. The minimum absolute atomic E-state index is 0.204. The number of anilines is 1. The van der Waals surface area contributed by atoms with Crippen molar-refractivity contribution < 1.29 is 8.42 Å². The molecule has 0 bridgehead atoms. The van der Waals surface area contributed by atoms with Crippen molar-refractivity contribution in [1.29, 1.82) is 0 Å². The number of aryl methyl sites for hydroxylation is 2. The van der Waals surface area contributed by atoms with E-state index in [1.807, 2.05) is 18.4 Å². The van der Waals surface area contributed by atoms with Gasteiger partial charge in [-0.25, -0.2) is 13.1 Å². The second kappa shape index (κ2) is 5.95. The number of rotatable bonds is 5. The molecule has 0 atom stereocenters. The SMILES string of the molecule is CCc1ccsc1CNS(=O)(=O)c1ccc(C)c(N)c1. The molecule has 0 radical (unpaired) electrons. The van der Waals surface area contributed by atoms with Crippen LogP contribution in [0.1, 0.15) is 22.9 Å². The average Bonchev–Trinajstić information content (AvgIpc) is 2.87. The molecule has 2 rings (SSSR count). The number of nitrogens with one attached hydrogen (secondary N) is 1. The molecule has 108 valence electrons. The molecule has 1 heterocycles. The highest BCUT2D eigenvalue weighted by Gasteiger charge is 2.15. The predicted octanol–water partition coefficient (Wildman–Crippen LogP) is 2.68. The third-order valence-electron chi connectivity index (χ3n) is 3.20. The molecule has 0 aliphatic heterocycles. The van der Waals surface area contributed by atoms with Gasteiger partial charge in [-0.2, -0.15) is 0 Å². The van der Waals surface area contributed by atoms with Gasteiger partial charge >= 0.3 is 0 Å². The normalized spacial score (nSPS) is 11.7. The summed E-state index contributed by atoms with van der Waals surface area (Å²) in [5.74, 6) is 0. The fraction of sp³-hybridized carbons (Fsp3) is 0.286. The van der Waals surface area contributed by atoms with Crippen LogP contribution in [0.25, 0.3) is 0 Å². The van der Waals surface area contributed by atoms with Crippen molar-refractivity contribution in [3.63, 3.8) is 0 Å². The van der Waals surface area contributed by atoms with Crippen molar-refractivity contribution in [3.8, 4) is 0 Å². The van der Waals surface area contributed by atoms with Crippen LogP contribution in [0, 0.1) is 6.92 Å². The lowest BCUT2D eigenvalue weighted by molar-refractivity contribution is 0.581. The minimum atomic E-state index is -3.52. The number of hydrogen-bond donors (Lipinski definition) is 2. The topological polar surface area (TPSA) is 72.2 Å². The van der Waals surface area contributed by atoms with Crippen LogP contribution in [0.4, 0.5) is 5.69 Å². The summed E-state index contributed by atoms with van der Waals surface area (Å²) in [6, 6.07) is 6.81. The molecule has 6 heteroatoms. The lowest BCUT2D eigenvalue weighted by Gasteiger charge is -2.08. The van der Waals surface area contributed by atoms with Crippen molar-refractivity contribution in [2.24, 2.45) is 0 Å². The summed E-state index contributed by atoms with van der Waals surface area (Å²) in [6.45, 7) is 4.22. The van der Waals surface area contributed by atoms with E-state index in [1.54, 1.807) is 23.5 Å². The molecule has 20 heavy (non-hydrogen) atoms. The third kappa shape index (κ3) is 3.20. The second-order valence-corrected chi connectivity index (χ2v) is 7.33. The molecule has 0 spiro atoms. The Morgan fingerprint density at radius 1 is 1.30 bits per heavy atom. The van der Waals surface area contributed by atoms with E-state index in [4.69, 9.17) is 5.73 Å². The first-order chi connectivity index (χ1) is 9.44. The van der Waals surface area contributed by atoms with Gasteiger partial charge in [0.1, 0.15) is 0 Å². The molecule has 0 amide bonds. The molecule has 0 unspecified atom stereocenters. The van der Waals surface area contributed by atoms with E-state index >= 15 is 0 Å². The van der Waals surface area contributed by atoms with E-state index in [0.717, 1.165) is 16.9 Å². The van der Waals surface area contributed by atoms with Crippen LogP contribution in [0.5, 0.6) is 0 Å². The molecule has 1 aromatic carbocycles. The predicted molar refractivity (Wildman–Crippen MR) is 83.3 cm³/mol. The number of thiophene rings is 1. The first kappa shape index (κ1) is 15.0. The Bertz CT molecular complexity index is 706. The van der Waals surface area contributed by atoms with Gasteiger partial charge in [0.15, 0.2) is 0 Å². The van der Waals surface area contributed by atoms with Crippen molar-refractivity contribution in [2.45, 2.75) is 31.7 Å². The monoisotopic (exact) mass is 310 g/mol. The maximum Gasteiger partial charge on any atom is 0.240 e. The highest BCUT2D eigenvalue weighted by Crippen LogP contribution is 2.20. The quantitative estimate of drug-likeness (QED) is 0.834. The van der Waals surface area contributed by atoms with Gasteiger partial charge < -0.3 is 5.73 Å². The first-order valence-corrected chi connectivity index (χ1v) is 8.71. The molecular weight excluding hydrogens is 292 g/mol. The smallest absolute Gasteiger partial charge is 0.240 e. The van der Waals surface area contributed by atoms with Crippen LogP contribution in [-0.2, 0) is 23.0 Å². The molecule has 0 aliphatic rings. The van der Waals surface area contributed by atoms with Gasteiger partial charge in [0.05, 0.1) is 4.90 Å². The Balaban J connectivity index is 2.17. The molecule has 0 fully saturated rings. The zero-order chi connectivity index (χ0) is 14.8. The van der Waals surface area contributed by atoms with E-state index < -0.39 is 10.0 Å². The van der Waals surface area contributed by atoms with Gasteiger partial charge in [-0.05, 0) is 48.1 Å². The van der Waals surface area contributed by atoms with Gasteiger partial charge in [0.25, 0.3) is 0 Å². The van der Waals surface area contributed by atoms with Crippen LogP contribution in [0.2, 0.25) is 0 Å². The Morgan fingerprint density at radius 3 is 2.70 bits per heavy atom. The number of benzene rings is 1. The standard InChI is InChI=1S/C14H18N2O2S2/c1-3-11-6-7-19-14(11)9-16-20(17,18)12-5-4-10(2)13(15)8-12/h4-8,16H,3,9,15H2,1-2H3. The van der Waals surface area contributed by atoms with Gasteiger partial charge in [-0.15, -0.1) is 11.3 Å². The molecule has 0 saturated carbocycles. The van der Waals surface area contributed by atoms with Crippen LogP contribution in [-0.4, -0.2) is 8.42 Å². The Hall–Kier alpha value is -1.37. The highest BCUT2D eigenvalue weighted by molar-refractivity contribution is 7.89. The van der Waals surface area contributed by atoms with Gasteiger partial charge in [0.2, 0.25) is 10.0 Å². The van der Waals surface area contributed by atoms with E-state index in [9.17, 15) is 8.42 Å². The Morgan fingerprint density at radius 2 is 2.05 bits per heavy atom. The fourth-order valence-electron chi connectivity index (χ4n) is 1.87. The van der Waals surface area contributed by atoms with Crippen LogP contribution in [0.15, 0.2) is 34.5 Å². The number of hydrogen-bond acceptors (Lipinski definition) is 4. The Kier molecular flexibility index (Phi) is 4.47. The third-order valence-corrected chi connectivity index (χ3v) is 5.56. The molecular formula is C14H18N2O2S2. The van der Waals surface area contributed by atoms with Crippen LogP contribution < -0.4 is 10.5 Å². The summed E-state index contributed by atoms with van der Waals surface area (Å²) < 4.78 is 27.1. The minimum Gasteiger partial charge on any atom is -0.398 e.